The molecule has 0 amide bonds. The van der Waals surface area contributed by atoms with Gasteiger partial charge in [0.2, 0.25) is 0 Å². The van der Waals surface area contributed by atoms with Crippen molar-refractivity contribution in [2.75, 3.05) is 6.61 Å². The van der Waals surface area contributed by atoms with E-state index in [4.69, 9.17) is 9.47 Å². The second-order valence-corrected chi connectivity index (χ2v) is 7.68. The molecule has 4 nitrogen and oxygen atoms in total. The van der Waals surface area contributed by atoms with E-state index in [2.05, 4.69) is 20.8 Å². The molecule has 0 heterocycles. The van der Waals surface area contributed by atoms with Gasteiger partial charge in [-0.25, -0.2) is 0 Å². The van der Waals surface area contributed by atoms with Gasteiger partial charge in [-0.2, -0.15) is 0 Å². The van der Waals surface area contributed by atoms with E-state index in [9.17, 15) is 9.59 Å². The van der Waals surface area contributed by atoms with Gasteiger partial charge in [0.1, 0.15) is 5.60 Å². The molecule has 0 unspecified atom stereocenters. The quantitative estimate of drug-likeness (QED) is 0.496. The van der Waals surface area contributed by atoms with E-state index in [1.54, 1.807) is 20.8 Å². The fourth-order valence-corrected chi connectivity index (χ4v) is 1.79. The Morgan fingerprint density at radius 2 is 1.38 bits per heavy atom. The molecule has 0 rings (SSSR count). The fourth-order valence-electron chi connectivity index (χ4n) is 1.79. The number of rotatable bonds is 8. The van der Waals surface area contributed by atoms with Gasteiger partial charge in [-0.3, -0.25) is 9.59 Å². The minimum atomic E-state index is -0.506. The van der Waals surface area contributed by atoms with Gasteiger partial charge in [0.25, 0.3) is 0 Å². The molecule has 0 radical (unpaired) electrons. The lowest BCUT2D eigenvalue weighted by atomic mass is 9.89. The summed E-state index contributed by atoms with van der Waals surface area (Å²) < 4.78 is 10.2. The van der Waals surface area contributed by atoms with Crippen LogP contribution in [0.4, 0.5) is 0 Å². The smallest absolute Gasteiger partial charge is 0.306 e. The number of ether oxygens (including phenoxy) is 2. The predicted octanol–water partition coefficient (Wildman–Crippen LogP) is 4.26. The summed E-state index contributed by atoms with van der Waals surface area (Å²) in [6.07, 6.45) is 4.46. The summed E-state index contributed by atoms with van der Waals surface area (Å²) in [5.41, 5.74) is -0.141. The van der Waals surface area contributed by atoms with E-state index in [1.165, 1.54) is 6.42 Å². The fraction of sp³-hybridized carbons (Fsp3) is 0.882. The molecular formula is C17H32O4. The monoisotopic (exact) mass is 300 g/mol. The standard InChI is InChI=1S/C17H32O4/c1-16(2,3)12-8-7-9-13-20-14(18)10-11-15(19)21-17(4,5)6/h7-13H2,1-6H3. The summed E-state index contributed by atoms with van der Waals surface area (Å²) in [4.78, 5) is 22.9. The normalized spacial score (nSPS) is 12.1. The highest BCUT2D eigenvalue weighted by Gasteiger charge is 2.17. The third-order valence-electron chi connectivity index (χ3n) is 2.79. The average molecular weight is 300 g/mol. The summed E-state index contributed by atoms with van der Waals surface area (Å²) in [6, 6.07) is 0. The van der Waals surface area contributed by atoms with Crippen LogP contribution >= 0.6 is 0 Å². The van der Waals surface area contributed by atoms with Gasteiger partial charge in [0.15, 0.2) is 0 Å². The van der Waals surface area contributed by atoms with Crippen LogP contribution in [0.25, 0.3) is 0 Å². The first-order chi connectivity index (χ1) is 9.49. The number of carbonyl (C=O) groups is 2. The van der Waals surface area contributed by atoms with E-state index in [-0.39, 0.29) is 24.8 Å². The minimum absolute atomic E-state index is 0.0835. The Balaban J connectivity index is 3.57. The zero-order chi connectivity index (χ0) is 16.5. The maximum absolute atomic E-state index is 11.5. The Morgan fingerprint density at radius 3 is 1.90 bits per heavy atom. The first-order valence-corrected chi connectivity index (χ1v) is 7.87. The van der Waals surface area contributed by atoms with Gasteiger partial charge in [-0.15, -0.1) is 0 Å². The van der Waals surface area contributed by atoms with Crippen molar-refractivity contribution in [3.63, 3.8) is 0 Å². The molecule has 0 bridgehead atoms. The summed E-state index contributed by atoms with van der Waals surface area (Å²) in [7, 11) is 0. The van der Waals surface area contributed by atoms with Crippen LogP contribution < -0.4 is 0 Å². The van der Waals surface area contributed by atoms with E-state index in [1.807, 2.05) is 0 Å². The zero-order valence-corrected chi connectivity index (χ0v) is 14.6. The van der Waals surface area contributed by atoms with Crippen LogP contribution in [0.3, 0.4) is 0 Å². The van der Waals surface area contributed by atoms with Gasteiger partial charge >= 0.3 is 11.9 Å². The highest BCUT2D eigenvalue weighted by molar-refractivity contribution is 5.77. The van der Waals surface area contributed by atoms with Crippen molar-refractivity contribution in [3.8, 4) is 0 Å². The van der Waals surface area contributed by atoms with Gasteiger partial charge in [-0.1, -0.05) is 33.6 Å². The van der Waals surface area contributed by atoms with Crippen molar-refractivity contribution in [1.29, 1.82) is 0 Å². The number of hydrogen-bond acceptors (Lipinski definition) is 4. The molecule has 0 aromatic heterocycles. The molecule has 4 heteroatoms. The molecule has 0 saturated heterocycles. The van der Waals surface area contributed by atoms with Gasteiger partial charge < -0.3 is 9.47 Å². The molecule has 124 valence electrons. The van der Waals surface area contributed by atoms with Crippen molar-refractivity contribution in [1.82, 2.24) is 0 Å². The van der Waals surface area contributed by atoms with Crippen molar-refractivity contribution in [2.24, 2.45) is 5.41 Å². The van der Waals surface area contributed by atoms with Crippen LogP contribution in [-0.2, 0) is 19.1 Å². The highest BCUT2D eigenvalue weighted by Crippen LogP contribution is 2.21. The van der Waals surface area contributed by atoms with Gasteiger partial charge in [0.05, 0.1) is 19.4 Å². The first-order valence-electron chi connectivity index (χ1n) is 7.87. The van der Waals surface area contributed by atoms with Crippen molar-refractivity contribution in [2.45, 2.75) is 85.7 Å². The minimum Gasteiger partial charge on any atom is -0.466 e. The lowest BCUT2D eigenvalue weighted by Crippen LogP contribution is -2.24. The van der Waals surface area contributed by atoms with Crippen LogP contribution in [-0.4, -0.2) is 24.1 Å². The SMILES string of the molecule is CC(C)(C)CCCCCOC(=O)CCC(=O)OC(C)(C)C. The molecule has 0 atom stereocenters. The predicted molar refractivity (Wildman–Crippen MR) is 84.0 cm³/mol. The van der Waals surface area contributed by atoms with Crippen LogP contribution in [0.2, 0.25) is 0 Å². The molecule has 21 heavy (non-hydrogen) atoms. The molecule has 0 aromatic rings. The Hall–Kier alpha value is -1.06. The maximum atomic E-state index is 11.5. The summed E-state index contributed by atoms with van der Waals surface area (Å²) in [6.45, 7) is 12.5. The van der Waals surface area contributed by atoms with Gasteiger partial charge in [0, 0.05) is 0 Å². The molecular weight excluding hydrogens is 268 g/mol. The maximum Gasteiger partial charge on any atom is 0.306 e. The number of hydrogen-bond donors (Lipinski definition) is 0. The van der Waals surface area contributed by atoms with E-state index >= 15 is 0 Å². The Bertz CT molecular complexity index is 321. The van der Waals surface area contributed by atoms with E-state index < -0.39 is 5.60 Å². The molecule has 0 aliphatic carbocycles. The number of carbonyl (C=O) groups excluding carboxylic acids is 2. The van der Waals surface area contributed by atoms with E-state index in [0.717, 1.165) is 19.3 Å². The second-order valence-electron chi connectivity index (χ2n) is 7.68. The zero-order valence-electron chi connectivity index (χ0n) is 14.6. The van der Waals surface area contributed by atoms with Crippen molar-refractivity contribution >= 4 is 11.9 Å². The second kappa shape index (κ2) is 9.06. The summed E-state index contributed by atoms with van der Waals surface area (Å²) in [5, 5.41) is 0. The number of unbranched alkanes of at least 4 members (excludes halogenated alkanes) is 2. The average Bonchev–Trinajstić information content (AvgIpc) is 2.27. The third kappa shape index (κ3) is 15.2. The molecule has 0 aliphatic heterocycles. The van der Waals surface area contributed by atoms with Crippen molar-refractivity contribution in [3.05, 3.63) is 0 Å². The third-order valence-corrected chi connectivity index (χ3v) is 2.79. The Morgan fingerprint density at radius 1 is 0.810 bits per heavy atom. The highest BCUT2D eigenvalue weighted by atomic mass is 16.6. The van der Waals surface area contributed by atoms with Gasteiger partial charge in [-0.05, 0) is 39.0 Å². The lowest BCUT2D eigenvalue weighted by Gasteiger charge is -2.19. The lowest BCUT2D eigenvalue weighted by molar-refractivity contribution is -0.158. The molecule has 0 fully saturated rings. The van der Waals surface area contributed by atoms with Crippen molar-refractivity contribution < 1.29 is 19.1 Å². The van der Waals surface area contributed by atoms with Crippen LogP contribution in [0.1, 0.15) is 80.1 Å². The summed E-state index contributed by atoms with van der Waals surface area (Å²) in [5.74, 6) is -0.679. The molecule has 0 saturated carbocycles. The van der Waals surface area contributed by atoms with Crippen LogP contribution in [0.15, 0.2) is 0 Å². The molecule has 0 N–H and O–H groups in total. The summed E-state index contributed by atoms with van der Waals surface area (Å²) >= 11 is 0. The Kier molecular flexibility index (Phi) is 8.60. The van der Waals surface area contributed by atoms with Crippen LogP contribution in [0.5, 0.6) is 0 Å². The molecule has 0 aliphatic rings. The topological polar surface area (TPSA) is 52.6 Å². The van der Waals surface area contributed by atoms with E-state index in [0.29, 0.717) is 12.0 Å². The Labute approximate surface area is 129 Å². The number of esters is 2. The molecule has 0 aromatic carbocycles. The largest absolute Gasteiger partial charge is 0.466 e. The first kappa shape index (κ1) is 19.9. The van der Waals surface area contributed by atoms with Crippen LogP contribution in [0, 0.1) is 5.41 Å². The molecule has 0 spiro atoms.